The van der Waals surface area contributed by atoms with Gasteiger partial charge in [0.15, 0.2) is 0 Å². The Morgan fingerprint density at radius 3 is 2.82 bits per heavy atom. The maximum absolute atomic E-state index is 11.3. The van der Waals surface area contributed by atoms with E-state index in [1.54, 1.807) is 45.3 Å². The minimum atomic E-state index is -0.781. The number of alkyl carbamates (subject to hydrolysis) is 1. The van der Waals surface area contributed by atoms with Crippen molar-refractivity contribution in [2.24, 2.45) is 0 Å². The molecule has 0 bridgehead atoms. The normalized spacial score (nSPS) is 12.9. The highest BCUT2D eigenvalue weighted by Crippen LogP contribution is 2.10. The summed E-state index contributed by atoms with van der Waals surface area (Å²) in [5.41, 5.74) is 0.118. The first kappa shape index (κ1) is 13.4. The molecule has 0 saturated carbocycles. The summed E-state index contributed by atoms with van der Waals surface area (Å²) in [4.78, 5) is 15.2. The van der Waals surface area contributed by atoms with Gasteiger partial charge in [0.2, 0.25) is 0 Å². The largest absolute Gasteiger partial charge is 0.444 e. The van der Waals surface area contributed by atoms with Crippen LogP contribution in [0.25, 0.3) is 0 Å². The molecule has 0 aromatic carbocycles. The van der Waals surface area contributed by atoms with Crippen LogP contribution in [-0.4, -0.2) is 28.3 Å². The second-order valence-corrected chi connectivity index (χ2v) is 4.68. The van der Waals surface area contributed by atoms with Crippen LogP contribution in [0, 0.1) is 0 Å². The van der Waals surface area contributed by atoms with Crippen LogP contribution in [0.3, 0.4) is 0 Å². The number of aliphatic hydroxyl groups excluding tert-OH is 1. The predicted molar refractivity (Wildman–Crippen MR) is 63.4 cm³/mol. The number of pyridine rings is 1. The highest BCUT2D eigenvalue weighted by atomic mass is 16.6. The minimum Gasteiger partial charge on any atom is -0.444 e. The lowest BCUT2D eigenvalue weighted by molar-refractivity contribution is 0.0491. The Kier molecular flexibility index (Phi) is 4.45. The Labute approximate surface area is 101 Å². The molecule has 1 aromatic rings. The van der Waals surface area contributed by atoms with E-state index in [9.17, 15) is 9.90 Å². The molecule has 0 spiro atoms. The fourth-order valence-electron chi connectivity index (χ4n) is 1.19. The molecule has 94 valence electrons. The molecule has 0 unspecified atom stereocenters. The van der Waals surface area contributed by atoms with Crippen LogP contribution in [0.2, 0.25) is 0 Å². The number of aliphatic hydroxyl groups is 1. The minimum absolute atomic E-state index is 0.0978. The number of nitrogens with zero attached hydrogens (tertiary/aromatic N) is 1. The molecule has 1 aromatic heterocycles. The van der Waals surface area contributed by atoms with Crippen molar-refractivity contribution in [3.8, 4) is 0 Å². The third kappa shape index (κ3) is 5.31. The van der Waals surface area contributed by atoms with Gasteiger partial charge in [-0.25, -0.2) is 4.79 Å². The van der Waals surface area contributed by atoms with Crippen molar-refractivity contribution >= 4 is 6.09 Å². The fraction of sp³-hybridized carbons (Fsp3) is 0.500. The summed E-state index contributed by atoms with van der Waals surface area (Å²) in [5, 5.41) is 12.3. The Morgan fingerprint density at radius 2 is 2.29 bits per heavy atom. The van der Waals surface area contributed by atoms with Gasteiger partial charge in [0, 0.05) is 18.0 Å². The van der Waals surface area contributed by atoms with E-state index in [4.69, 9.17) is 4.74 Å². The van der Waals surface area contributed by atoms with Gasteiger partial charge in [0.25, 0.3) is 0 Å². The molecule has 17 heavy (non-hydrogen) atoms. The molecule has 1 amide bonds. The van der Waals surface area contributed by atoms with E-state index in [0.717, 1.165) is 0 Å². The van der Waals surface area contributed by atoms with Gasteiger partial charge in [0.05, 0.1) is 12.6 Å². The Balaban J connectivity index is 2.39. The Bertz CT molecular complexity index is 360. The van der Waals surface area contributed by atoms with Crippen LogP contribution < -0.4 is 5.32 Å². The van der Waals surface area contributed by atoms with Crippen molar-refractivity contribution in [3.05, 3.63) is 30.1 Å². The molecule has 5 heteroatoms. The Morgan fingerprint density at radius 1 is 1.59 bits per heavy atom. The standard InChI is InChI=1S/C12H18N2O3/c1-12(2,3)17-11(16)14-8-10(15)9-5-4-6-13-7-9/h4-7,10,15H,8H2,1-3H3,(H,14,16)/t10-/m1/s1. The maximum Gasteiger partial charge on any atom is 0.407 e. The molecule has 0 aliphatic carbocycles. The summed E-state index contributed by atoms with van der Waals surface area (Å²) in [6.45, 7) is 5.44. The molecule has 0 aliphatic rings. The number of amides is 1. The van der Waals surface area contributed by atoms with Gasteiger partial charge in [-0.15, -0.1) is 0 Å². The SMILES string of the molecule is CC(C)(C)OC(=O)NC[C@@H](O)c1cccnc1. The van der Waals surface area contributed by atoms with Crippen LogP contribution in [0.5, 0.6) is 0 Å². The number of ether oxygens (including phenoxy) is 1. The van der Waals surface area contributed by atoms with Crippen molar-refractivity contribution in [2.75, 3.05) is 6.54 Å². The zero-order valence-corrected chi connectivity index (χ0v) is 10.3. The summed E-state index contributed by atoms with van der Waals surface area (Å²) in [6, 6.07) is 3.47. The average molecular weight is 238 g/mol. The lowest BCUT2D eigenvalue weighted by Crippen LogP contribution is -2.34. The first-order valence-electron chi connectivity index (χ1n) is 5.43. The number of carbonyl (C=O) groups is 1. The number of carbonyl (C=O) groups excluding carboxylic acids is 1. The van der Waals surface area contributed by atoms with Crippen LogP contribution in [0.1, 0.15) is 32.4 Å². The molecule has 1 heterocycles. The van der Waals surface area contributed by atoms with Gasteiger partial charge in [0.1, 0.15) is 5.60 Å². The zero-order chi connectivity index (χ0) is 12.9. The van der Waals surface area contributed by atoms with Crippen LogP contribution >= 0.6 is 0 Å². The maximum atomic E-state index is 11.3. The Hall–Kier alpha value is -1.62. The zero-order valence-electron chi connectivity index (χ0n) is 10.3. The van der Waals surface area contributed by atoms with Gasteiger partial charge >= 0.3 is 6.09 Å². The van der Waals surface area contributed by atoms with E-state index in [1.165, 1.54) is 0 Å². The number of rotatable bonds is 3. The van der Waals surface area contributed by atoms with Crippen molar-refractivity contribution in [2.45, 2.75) is 32.5 Å². The monoisotopic (exact) mass is 238 g/mol. The predicted octanol–water partition coefficient (Wildman–Crippen LogP) is 1.64. The lowest BCUT2D eigenvalue weighted by atomic mass is 10.1. The van der Waals surface area contributed by atoms with E-state index in [-0.39, 0.29) is 6.54 Å². The smallest absolute Gasteiger partial charge is 0.407 e. The van der Waals surface area contributed by atoms with E-state index >= 15 is 0 Å². The quantitative estimate of drug-likeness (QED) is 0.839. The van der Waals surface area contributed by atoms with Crippen molar-refractivity contribution in [1.82, 2.24) is 10.3 Å². The highest BCUT2D eigenvalue weighted by molar-refractivity contribution is 5.67. The average Bonchev–Trinajstić information content (AvgIpc) is 2.25. The third-order valence-corrected chi connectivity index (χ3v) is 1.91. The number of hydrogen-bond acceptors (Lipinski definition) is 4. The third-order valence-electron chi connectivity index (χ3n) is 1.91. The van der Waals surface area contributed by atoms with Gasteiger partial charge in [-0.3, -0.25) is 4.98 Å². The molecular weight excluding hydrogens is 220 g/mol. The molecule has 0 fully saturated rings. The summed E-state index contributed by atoms with van der Waals surface area (Å²) in [6.07, 6.45) is 1.86. The van der Waals surface area contributed by atoms with Gasteiger partial charge < -0.3 is 15.2 Å². The second kappa shape index (κ2) is 5.63. The lowest BCUT2D eigenvalue weighted by Gasteiger charge is -2.20. The molecular formula is C12H18N2O3. The molecule has 0 radical (unpaired) electrons. The van der Waals surface area contributed by atoms with Crippen molar-refractivity contribution in [1.29, 1.82) is 0 Å². The van der Waals surface area contributed by atoms with Crippen LogP contribution in [0.15, 0.2) is 24.5 Å². The summed E-state index contributed by atoms with van der Waals surface area (Å²) >= 11 is 0. The topological polar surface area (TPSA) is 71.5 Å². The van der Waals surface area contributed by atoms with E-state index < -0.39 is 17.8 Å². The van der Waals surface area contributed by atoms with Crippen molar-refractivity contribution in [3.63, 3.8) is 0 Å². The number of hydrogen-bond donors (Lipinski definition) is 2. The first-order chi connectivity index (χ1) is 7.88. The summed E-state index contributed by atoms with van der Waals surface area (Å²) in [7, 11) is 0. The molecule has 0 aliphatic heterocycles. The highest BCUT2D eigenvalue weighted by Gasteiger charge is 2.17. The van der Waals surface area contributed by atoms with Gasteiger partial charge in [-0.05, 0) is 26.8 Å². The van der Waals surface area contributed by atoms with E-state index in [2.05, 4.69) is 10.3 Å². The van der Waals surface area contributed by atoms with Gasteiger partial charge in [-0.1, -0.05) is 6.07 Å². The summed E-state index contributed by atoms with van der Waals surface area (Å²) < 4.78 is 5.05. The van der Waals surface area contributed by atoms with Crippen LogP contribution in [0.4, 0.5) is 4.79 Å². The number of nitrogens with one attached hydrogen (secondary N) is 1. The fourth-order valence-corrected chi connectivity index (χ4v) is 1.19. The molecule has 5 nitrogen and oxygen atoms in total. The first-order valence-corrected chi connectivity index (χ1v) is 5.43. The molecule has 1 atom stereocenters. The van der Waals surface area contributed by atoms with Crippen LogP contribution in [-0.2, 0) is 4.74 Å². The van der Waals surface area contributed by atoms with E-state index in [0.29, 0.717) is 5.56 Å². The molecule has 2 N–H and O–H groups in total. The van der Waals surface area contributed by atoms with E-state index in [1.807, 2.05) is 0 Å². The molecule has 1 rings (SSSR count). The van der Waals surface area contributed by atoms with Gasteiger partial charge in [-0.2, -0.15) is 0 Å². The second-order valence-electron chi connectivity index (χ2n) is 4.68. The molecule has 0 saturated heterocycles. The summed E-state index contributed by atoms with van der Waals surface area (Å²) in [5.74, 6) is 0. The van der Waals surface area contributed by atoms with Crippen molar-refractivity contribution < 1.29 is 14.6 Å². The number of aromatic nitrogens is 1.